The van der Waals surface area contributed by atoms with E-state index in [4.69, 9.17) is 5.73 Å². The second kappa shape index (κ2) is 5.48. The first-order valence-electron chi connectivity index (χ1n) is 7.09. The van der Waals surface area contributed by atoms with Gasteiger partial charge >= 0.3 is 0 Å². The zero-order chi connectivity index (χ0) is 15.7. The third-order valence-electron chi connectivity index (χ3n) is 3.92. The molecule has 2 aromatic heterocycles. The number of hydrogen-bond acceptors (Lipinski definition) is 2. The molecule has 1 amide bonds. The van der Waals surface area contributed by atoms with Gasteiger partial charge in [-0.15, -0.1) is 0 Å². The number of aromatic nitrogens is 2. The normalized spacial score (nSPS) is 12.2. The number of nitrogens with two attached hydrogens (primary N) is 1. The number of benzene rings is 1. The van der Waals surface area contributed by atoms with Gasteiger partial charge in [0.05, 0.1) is 22.8 Å². The predicted octanol–water partition coefficient (Wildman–Crippen LogP) is 3.39. The van der Waals surface area contributed by atoms with E-state index in [1.54, 1.807) is 12.1 Å². The fourth-order valence-electron chi connectivity index (χ4n) is 2.69. The van der Waals surface area contributed by atoms with Crippen LogP contribution in [0.2, 0.25) is 0 Å². The zero-order valence-corrected chi connectivity index (χ0v) is 12.4. The van der Waals surface area contributed by atoms with Crippen molar-refractivity contribution in [2.24, 2.45) is 5.73 Å². The van der Waals surface area contributed by atoms with Crippen LogP contribution in [0.15, 0.2) is 55.4 Å². The van der Waals surface area contributed by atoms with Gasteiger partial charge in [0, 0.05) is 17.8 Å². The van der Waals surface area contributed by atoms with Crippen molar-refractivity contribution < 1.29 is 4.79 Å². The van der Waals surface area contributed by atoms with Crippen molar-refractivity contribution in [3.8, 4) is 0 Å². The first-order chi connectivity index (χ1) is 10.6. The average Bonchev–Trinajstić information content (AvgIpc) is 2.98. The molecule has 0 spiro atoms. The molecule has 3 rings (SSSR count). The van der Waals surface area contributed by atoms with Crippen LogP contribution in [-0.4, -0.2) is 15.5 Å². The van der Waals surface area contributed by atoms with Crippen molar-refractivity contribution in [3.05, 3.63) is 72.2 Å². The van der Waals surface area contributed by atoms with Gasteiger partial charge in [-0.2, -0.15) is 0 Å². The highest BCUT2D eigenvalue weighted by Crippen LogP contribution is 2.27. The van der Waals surface area contributed by atoms with Gasteiger partial charge in [-0.3, -0.25) is 9.78 Å². The molecule has 0 radical (unpaired) electrons. The monoisotopic (exact) mass is 291 g/mol. The average molecular weight is 291 g/mol. The highest BCUT2D eigenvalue weighted by Gasteiger charge is 2.15. The Labute approximate surface area is 128 Å². The minimum Gasteiger partial charge on any atom is -0.366 e. The molecule has 0 saturated heterocycles. The minimum absolute atomic E-state index is 0.0457. The van der Waals surface area contributed by atoms with E-state index in [2.05, 4.69) is 23.1 Å². The van der Waals surface area contributed by atoms with E-state index in [0.717, 1.165) is 22.2 Å². The third kappa shape index (κ3) is 2.29. The molecule has 0 aliphatic carbocycles. The lowest BCUT2D eigenvalue weighted by Gasteiger charge is -2.17. The largest absolute Gasteiger partial charge is 0.366 e. The zero-order valence-electron chi connectivity index (χ0n) is 12.4. The fraction of sp³-hybridized carbons (Fsp3) is 0.111. The molecule has 0 aliphatic heterocycles. The summed E-state index contributed by atoms with van der Waals surface area (Å²) in [6.45, 7) is 5.78. The Morgan fingerprint density at radius 3 is 2.77 bits per heavy atom. The topological polar surface area (TPSA) is 60.9 Å². The number of carbonyl (C=O) groups excluding carboxylic acids is 1. The van der Waals surface area contributed by atoms with Gasteiger partial charge in [0.1, 0.15) is 0 Å². The highest BCUT2D eigenvalue weighted by molar-refractivity contribution is 6.05. The molecule has 1 atom stereocenters. The van der Waals surface area contributed by atoms with Crippen molar-refractivity contribution >= 4 is 22.9 Å². The molecule has 0 bridgehead atoms. The predicted molar refractivity (Wildman–Crippen MR) is 88.6 cm³/mol. The molecule has 3 aromatic rings. The molecule has 22 heavy (non-hydrogen) atoms. The summed E-state index contributed by atoms with van der Waals surface area (Å²) in [4.78, 5) is 16.0. The van der Waals surface area contributed by atoms with Crippen molar-refractivity contribution in [3.63, 3.8) is 0 Å². The lowest BCUT2D eigenvalue weighted by molar-refractivity contribution is 0.100. The number of hydrogen-bond donors (Lipinski definition) is 1. The Morgan fingerprint density at radius 2 is 2.14 bits per heavy atom. The van der Waals surface area contributed by atoms with E-state index >= 15 is 0 Å². The number of fused-ring (bicyclic) bond motifs is 1. The number of carbonyl (C=O) groups is 1. The molecule has 0 aliphatic rings. The summed E-state index contributed by atoms with van der Waals surface area (Å²) < 4.78 is 2.06. The molecule has 4 heteroatoms. The van der Waals surface area contributed by atoms with E-state index in [-0.39, 0.29) is 6.04 Å². The van der Waals surface area contributed by atoms with E-state index in [0.29, 0.717) is 5.56 Å². The number of primary amides is 1. The summed E-state index contributed by atoms with van der Waals surface area (Å²) in [5.41, 5.74) is 8.79. The number of nitrogens with zero attached hydrogens (tertiary/aromatic N) is 2. The van der Waals surface area contributed by atoms with Crippen molar-refractivity contribution in [2.45, 2.75) is 13.0 Å². The molecule has 4 nitrogen and oxygen atoms in total. The summed E-state index contributed by atoms with van der Waals surface area (Å²) in [5, 5.41) is 0.999. The molecule has 110 valence electrons. The van der Waals surface area contributed by atoms with Gasteiger partial charge < -0.3 is 10.3 Å². The molecule has 0 saturated carbocycles. The van der Waals surface area contributed by atoms with Crippen LogP contribution in [0.25, 0.3) is 17.0 Å². The van der Waals surface area contributed by atoms with Gasteiger partial charge in [-0.25, -0.2) is 0 Å². The van der Waals surface area contributed by atoms with Gasteiger partial charge in [0.15, 0.2) is 0 Å². The Bertz CT molecular complexity index is 846. The van der Waals surface area contributed by atoms with Gasteiger partial charge in [-0.1, -0.05) is 24.8 Å². The second-order valence-electron chi connectivity index (χ2n) is 5.23. The Kier molecular flexibility index (Phi) is 3.51. The first kappa shape index (κ1) is 14.1. The smallest absolute Gasteiger partial charge is 0.250 e. The maximum absolute atomic E-state index is 11.7. The third-order valence-corrected chi connectivity index (χ3v) is 3.92. The molecular weight excluding hydrogens is 274 g/mol. The number of rotatable bonds is 4. The highest BCUT2D eigenvalue weighted by atomic mass is 16.1. The minimum atomic E-state index is -0.419. The summed E-state index contributed by atoms with van der Waals surface area (Å²) in [7, 11) is 0. The number of para-hydroxylation sites is 1. The molecule has 0 fully saturated rings. The molecule has 1 aromatic carbocycles. The summed E-state index contributed by atoms with van der Waals surface area (Å²) >= 11 is 0. The lowest BCUT2D eigenvalue weighted by atomic mass is 10.1. The molecule has 2 heterocycles. The molecule has 2 N–H and O–H groups in total. The van der Waals surface area contributed by atoms with Gasteiger partial charge in [0.2, 0.25) is 0 Å². The van der Waals surface area contributed by atoms with Crippen LogP contribution in [0, 0.1) is 0 Å². The van der Waals surface area contributed by atoms with Crippen LogP contribution >= 0.6 is 0 Å². The maximum Gasteiger partial charge on any atom is 0.250 e. The van der Waals surface area contributed by atoms with E-state index in [1.807, 2.05) is 42.7 Å². The van der Waals surface area contributed by atoms with Crippen molar-refractivity contribution in [1.29, 1.82) is 0 Å². The Hall–Kier alpha value is -2.88. The lowest BCUT2D eigenvalue weighted by Crippen LogP contribution is -2.14. The number of amides is 1. The van der Waals surface area contributed by atoms with Crippen molar-refractivity contribution in [2.75, 3.05) is 0 Å². The molecular formula is C18H17N3O. The number of pyridine rings is 1. The van der Waals surface area contributed by atoms with Gasteiger partial charge in [0.25, 0.3) is 5.91 Å². The Balaban J connectivity index is 2.12. The summed E-state index contributed by atoms with van der Waals surface area (Å²) in [6, 6.07) is 11.6. The van der Waals surface area contributed by atoms with Crippen molar-refractivity contribution in [1.82, 2.24) is 9.55 Å². The molecule has 1 unspecified atom stereocenters. The standard InChI is InChI=1S/C18H17N3O/c1-3-15-8-7-14(11-20-15)12(2)21-10-9-13-5-4-6-16(17(13)21)18(19)22/h3-12H,1H2,2H3,(H2,19,22). The van der Waals surface area contributed by atoms with Crippen LogP contribution < -0.4 is 5.73 Å². The summed E-state index contributed by atoms with van der Waals surface area (Å²) in [5.74, 6) is -0.419. The van der Waals surface area contributed by atoms with E-state index in [9.17, 15) is 4.79 Å². The van der Waals surface area contributed by atoms with Gasteiger partial charge in [-0.05, 0) is 36.8 Å². The Morgan fingerprint density at radius 1 is 1.32 bits per heavy atom. The fourth-order valence-corrected chi connectivity index (χ4v) is 2.69. The second-order valence-corrected chi connectivity index (χ2v) is 5.23. The first-order valence-corrected chi connectivity index (χ1v) is 7.09. The van der Waals surface area contributed by atoms with E-state index in [1.165, 1.54) is 0 Å². The van der Waals surface area contributed by atoms with Crippen LogP contribution in [0.1, 0.15) is 34.6 Å². The SMILES string of the molecule is C=Cc1ccc(C(C)n2ccc3cccc(C(N)=O)c32)cn1. The van der Waals surface area contributed by atoms with Crippen LogP contribution in [-0.2, 0) is 0 Å². The van der Waals surface area contributed by atoms with Crippen LogP contribution in [0.5, 0.6) is 0 Å². The van der Waals surface area contributed by atoms with E-state index < -0.39 is 5.91 Å². The summed E-state index contributed by atoms with van der Waals surface area (Å²) in [6.07, 6.45) is 5.52. The van der Waals surface area contributed by atoms with Crippen LogP contribution in [0.4, 0.5) is 0 Å². The quantitative estimate of drug-likeness (QED) is 0.801. The van der Waals surface area contributed by atoms with Crippen LogP contribution in [0.3, 0.4) is 0 Å². The maximum atomic E-state index is 11.7.